The highest BCUT2D eigenvalue weighted by Gasteiger charge is 2.39. The van der Waals surface area contributed by atoms with E-state index in [1.807, 2.05) is 30.3 Å². The molecule has 1 atom stereocenters. The molecule has 3 aromatic rings. The van der Waals surface area contributed by atoms with Crippen LogP contribution >= 0.6 is 11.6 Å². The number of hydrogen-bond acceptors (Lipinski definition) is 5. The molecule has 0 amide bonds. The van der Waals surface area contributed by atoms with E-state index in [9.17, 15) is 8.42 Å². The molecule has 3 aromatic carbocycles. The number of benzene rings is 3. The number of nitrogens with zero attached hydrogens (tertiary/aromatic N) is 2. The molecule has 31 heavy (non-hydrogen) atoms. The van der Waals surface area contributed by atoms with E-state index in [2.05, 4.69) is 5.10 Å². The van der Waals surface area contributed by atoms with E-state index in [-0.39, 0.29) is 4.90 Å². The van der Waals surface area contributed by atoms with Crippen molar-refractivity contribution < 1.29 is 17.9 Å². The minimum absolute atomic E-state index is 0.113. The summed E-state index contributed by atoms with van der Waals surface area (Å²) in [4.78, 5) is 0.113. The maximum Gasteiger partial charge on any atom is 0.279 e. The molecule has 0 saturated heterocycles. The van der Waals surface area contributed by atoms with Crippen molar-refractivity contribution in [2.45, 2.75) is 17.4 Å². The molecule has 0 aromatic heterocycles. The smallest absolute Gasteiger partial charge is 0.279 e. The third-order valence-electron chi connectivity index (χ3n) is 5.13. The third kappa shape index (κ3) is 4.11. The van der Waals surface area contributed by atoms with Crippen molar-refractivity contribution in [1.29, 1.82) is 0 Å². The number of hydrogen-bond donors (Lipinski definition) is 0. The average molecular weight is 457 g/mol. The van der Waals surface area contributed by atoms with Crippen molar-refractivity contribution in [1.82, 2.24) is 4.41 Å². The molecule has 0 spiro atoms. The van der Waals surface area contributed by atoms with Crippen molar-refractivity contribution >= 4 is 27.3 Å². The molecule has 1 aliphatic rings. The second-order valence-corrected chi connectivity index (χ2v) is 9.20. The van der Waals surface area contributed by atoms with Crippen molar-refractivity contribution in [3.8, 4) is 11.5 Å². The van der Waals surface area contributed by atoms with Crippen LogP contribution in [0.2, 0.25) is 5.02 Å². The maximum atomic E-state index is 13.6. The first-order valence-corrected chi connectivity index (χ1v) is 11.4. The Labute approximate surface area is 186 Å². The molecule has 0 fully saturated rings. The molecule has 0 bridgehead atoms. The van der Waals surface area contributed by atoms with Crippen LogP contribution in [0.25, 0.3) is 0 Å². The molecule has 0 saturated carbocycles. The number of methoxy groups -OCH3 is 2. The first-order valence-electron chi connectivity index (χ1n) is 9.59. The van der Waals surface area contributed by atoms with Crippen LogP contribution in [0.4, 0.5) is 0 Å². The average Bonchev–Trinajstić information content (AvgIpc) is 3.26. The quantitative estimate of drug-likeness (QED) is 0.529. The molecule has 0 N–H and O–H groups in total. The third-order valence-corrected chi connectivity index (χ3v) is 7.08. The highest BCUT2D eigenvalue weighted by Crippen LogP contribution is 2.42. The predicted molar refractivity (Wildman–Crippen MR) is 120 cm³/mol. The minimum Gasteiger partial charge on any atom is -0.497 e. The van der Waals surface area contributed by atoms with Gasteiger partial charge in [0.05, 0.1) is 30.9 Å². The van der Waals surface area contributed by atoms with Crippen LogP contribution in [0, 0.1) is 0 Å². The molecule has 1 heterocycles. The van der Waals surface area contributed by atoms with Gasteiger partial charge in [0.25, 0.3) is 10.0 Å². The molecule has 4 rings (SSSR count). The zero-order chi connectivity index (χ0) is 22.0. The summed E-state index contributed by atoms with van der Waals surface area (Å²) >= 11 is 5.96. The second kappa shape index (κ2) is 8.61. The topological polar surface area (TPSA) is 68.2 Å². The summed E-state index contributed by atoms with van der Waals surface area (Å²) in [6, 6.07) is 20.3. The van der Waals surface area contributed by atoms with Gasteiger partial charge in [-0.3, -0.25) is 0 Å². The second-order valence-electron chi connectivity index (χ2n) is 6.97. The van der Waals surface area contributed by atoms with E-state index in [1.165, 1.54) is 12.1 Å². The molecule has 0 aliphatic carbocycles. The van der Waals surface area contributed by atoms with Crippen molar-refractivity contribution in [2.75, 3.05) is 14.2 Å². The first kappa shape index (κ1) is 21.2. The van der Waals surface area contributed by atoms with Crippen molar-refractivity contribution in [3.05, 3.63) is 88.9 Å². The Bertz CT molecular complexity index is 1210. The molecule has 160 valence electrons. The van der Waals surface area contributed by atoms with Crippen LogP contribution in [0.1, 0.15) is 23.6 Å². The van der Waals surface area contributed by atoms with Gasteiger partial charge >= 0.3 is 0 Å². The lowest BCUT2D eigenvalue weighted by Crippen LogP contribution is -2.27. The monoisotopic (exact) mass is 456 g/mol. The van der Waals surface area contributed by atoms with Gasteiger partial charge < -0.3 is 9.47 Å². The van der Waals surface area contributed by atoms with Gasteiger partial charge in [-0.1, -0.05) is 41.9 Å². The zero-order valence-electron chi connectivity index (χ0n) is 17.0. The summed E-state index contributed by atoms with van der Waals surface area (Å²) in [5, 5.41) is 5.01. The van der Waals surface area contributed by atoms with Gasteiger partial charge in [-0.2, -0.15) is 17.9 Å². The lowest BCUT2D eigenvalue weighted by atomic mass is 9.98. The van der Waals surface area contributed by atoms with Crippen molar-refractivity contribution in [3.63, 3.8) is 0 Å². The Morgan fingerprint density at radius 3 is 2.32 bits per heavy atom. The fourth-order valence-electron chi connectivity index (χ4n) is 3.56. The van der Waals surface area contributed by atoms with E-state index in [4.69, 9.17) is 21.1 Å². The maximum absolute atomic E-state index is 13.6. The van der Waals surface area contributed by atoms with Gasteiger partial charge in [0.1, 0.15) is 11.5 Å². The van der Waals surface area contributed by atoms with E-state index in [0.717, 1.165) is 9.98 Å². The molecule has 6 nitrogen and oxygen atoms in total. The molecule has 1 unspecified atom stereocenters. The van der Waals surface area contributed by atoms with E-state index >= 15 is 0 Å². The Balaban J connectivity index is 1.85. The highest BCUT2D eigenvalue weighted by molar-refractivity contribution is 7.89. The van der Waals surface area contributed by atoms with Crippen LogP contribution in [0.5, 0.6) is 11.5 Å². The van der Waals surface area contributed by atoms with Crippen LogP contribution in [0.3, 0.4) is 0 Å². The van der Waals surface area contributed by atoms with Crippen LogP contribution in [0.15, 0.2) is 82.8 Å². The van der Waals surface area contributed by atoms with Crippen molar-refractivity contribution in [2.24, 2.45) is 5.10 Å². The van der Waals surface area contributed by atoms with Gasteiger partial charge in [0.15, 0.2) is 0 Å². The number of hydrazone groups is 1. The summed E-state index contributed by atoms with van der Waals surface area (Å²) in [6.07, 6.45) is 0.389. The fraction of sp³-hybridized carbons (Fsp3) is 0.174. The van der Waals surface area contributed by atoms with E-state index in [1.54, 1.807) is 44.6 Å². The summed E-state index contributed by atoms with van der Waals surface area (Å²) in [7, 11) is -0.831. The standard InChI is InChI=1S/C23H21ClN2O4S/c1-29-18-10-13-23(30-2)20(14-18)22-15-21(16-6-4-3-5-7-16)25-26(22)31(27,28)19-11-8-17(24)9-12-19/h3-14,22H,15H2,1-2H3. The normalized spacial score (nSPS) is 16.2. The molecular weight excluding hydrogens is 436 g/mol. The minimum atomic E-state index is -3.95. The highest BCUT2D eigenvalue weighted by atomic mass is 35.5. The van der Waals surface area contributed by atoms with Gasteiger partial charge in [0, 0.05) is 17.0 Å². The van der Waals surface area contributed by atoms with E-state index in [0.29, 0.717) is 34.2 Å². The lowest BCUT2D eigenvalue weighted by Gasteiger charge is -2.25. The summed E-state index contributed by atoms with van der Waals surface area (Å²) < 4.78 is 39.2. The predicted octanol–water partition coefficient (Wildman–Crippen LogP) is 4.90. The fourth-order valence-corrected chi connectivity index (χ4v) is 5.11. The van der Waals surface area contributed by atoms with Gasteiger partial charge in [0.2, 0.25) is 0 Å². The zero-order valence-corrected chi connectivity index (χ0v) is 18.6. The van der Waals surface area contributed by atoms with Crippen LogP contribution in [-0.2, 0) is 10.0 Å². The number of sulfonamides is 1. The molecule has 8 heteroatoms. The van der Waals surface area contributed by atoms with Gasteiger partial charge in [-0.05, 0) is 48.0 Å². The summed E-state index contributed by atoms with van der Waals surface area (Å²) in [5.74, 6) is 1.17. The SMILES string of the molecule is COc1ccc(OC)c(C2CC(c3ccccc3)=NN2S(=O)(=O)c2ccc(Cl)cc2)c1. The Hall–Kier alpha value is -3.03. The molecule has 1 aliphatic heterocycles. The molecular formula is C23H21ClN2O4S. The van der Waals surface area contributed by atoms with Gasteiger partial charge in [-0.25, -0.2) is 0 Å². The molecule has 0 radical (unpaired) electrons. The number of rotatable bonds is 6. The number of ether oxygens (including phenoxy) is 2. The van der Waals surface area contributed by atoms with Crippen LogP contribution < -0.4 is 9.47 Å². The Morgan fingerprint density at radius 2 is 1.68 bits per heavy atom. The van der Waals surface area contributed by atoms with E-state index < -0.39 is 16.1 Å². The van der Waals surface area contributed by atoms with Crippen LogP contribution in [-0.4, -0.2) is 32.8 Å². The summed E-state index contributed by atoms with van der Waals surface area (Å²) in [6.45, 7) is 0. The Kier molecular flexibility index (Phi) is 5.89. The lowest BCUT2D eigenvalue weighted by molar-refractivity contribution is 0.346. The first-order chi connectivity index (χ1) is 14.9. The number of halogens is 1. The Morgan fingerprint density at radius 1 is 0.968 bits per heavy atom. The summed E-state index contributed by atoms with van der Waals surface area (Å²) in [5.41, 5.74) is 2.21. The van der Waals surface area contributed by atoms with Gasteiger partial charge in [-0.15, -0.1) is 0 Å². The largest absolute Gasteiger partial charge is 0.497 e.